The fourth-order valence-corrected chi connectivity index (χ4v) is 4.99. The number of esters is 2. The number of likely N-dealkylation sites (N-methyl/N-ethyl adjacent to an activating group) is 1. The van der Waals surface area contributed by atoms with Crippen LogP contribution in [0.15, 0.2) is 28.7 Å². The summed E-state index contributed by atoms with van der Waals surface area (Å²) in [5, 5.41) is 0. The van der Waals surface area contributed by atoms with Gasteiger partial charge in [0.2, 0.25) is 0 Å². The maximum Gasteiger partial charge on any atom is 0.344 e. The minimum absolute atomic E-state index is 0.0690. The monoisotopic (exact) mass is 563 g/mol. The van der Waals surface area contributed by atoms with E-state index in [9.17, 15) is 14.4 Å². The molecule has 1 aliphatic rings. The lowest BCUT2D eigenvalue weighted by Crippen LogP contribution is -2.34. The molecule has 0 aromatic heterocycles. The van der Waals surface area contributed by atoms with E-state index in [-0.39, 0.29) is 47.0 Å². The Morgan fingerprint density at radius 1 is 1.03 bits per heavy atom. The number of hydrogen-bond donors (Lipinski definition) is 0. The van der Waals surface area contributed by atoms with Gasteiger partial charge in [-0.2, -0.15) is 0 Å². The number of likely N-dealkylation sites (tertiary alicyclic amines) is 1. The van der Waals surface area contributed by atoms with E-state index < -0.39 is 11.9 Å². The first-order valence-electron chi connectivity index (χ1n) is 11.3. The van der Waals surface area contributed by atoms with Crippen molar-refractivity contribution in [2.45, 2.75) is 32.2 Å². The minimum Gasteiger partial charge on any atom is -0.497 e. The van der Waals surface area contributed by atoms with E-state index in [1.807, 2.05) is 7.05 Å². The summed E-state index contributed by atoms with van der Waals surface area (Å²) in [6.07, 6.45) is 0.666. The highest BCUT2D eigenvalue weighted by molar-refractivity contribution is 9.10. The summed E-state index contributed by atoms with van der Waals surface area (Å²) in [6.45, 7) is 3.58. The van der Waals surface area contributed by atoms with Crippen LogP contribution in [0.5, 0.6) is 23.0 Å². The molecule has 0 radical (unpaired) electrons. The molecule has 0 spiro atoms. The quantitative estimate of drug-likeness (QED) is 0.252. The zero-order valence-corrected chi connectivity index (χ0v) is 22.8. The number of ketones is 1. The second-order valence-corrected chi connectivity index (χ2v) is 9.29. The summed E-state index contributed by atoms with van der Waals surface area (Å²) in [6, 6.07) is 6.26. The lowest BCUT2D eigenvalue weighted by atomic mass is 9.87. The smallest absolute Gasteiger partial charge is 0.344 e. The minimum atomic E-state index is -0.675. The van der Waals surface area contributed by atoms with Gasteiger partial charge < -0.3 is 23.7 Å². The molecule has 2 aromatic carbocycles. The van der Waals surface area contributed by atoms with Crippen molar-refractivity contribution in [3.8, 4) is 23.0 Å². The Morgan fingerprint density at radius 3 is 2.28 bits per heavy atom. The summed E-state index contributed by atoms with van der Waals surface area (Å²) in [4.78, 5) is 39.8. The molecule has 0 unspecified atom stereocenters. The third-order valence-corrected chi connectivity index (χ3v) is 6.94. The Labute approximate surface area is 218 Å². The summed E-state index contributed by atoms with van der Waals surface area (Å²) >= 11 is 3.39. The first kappa shape index (κ1) is 27.5. The van der Waals surface area contributed by atoms with E-state index in [0.29, 0.717) is 34.5 Å². The molecule has 10 heteroatoms. The normalized spacial score (nSPS) is 17.4. The van der Waals surface area contributed by atoms with Crippen LogP contribution in [-0.2, 0) is 9.53 Å². The van der Waals surface area contributed by atoms with Crippen LogP contribution < -0.4 is 18.9 Å². The number of methoxy groups -OCH3 is 3. The number of halogens is 1. The van der Waals surface area contributed by atoms with Gasteiger partial charge in [-0.1, -0.05) is 0 Å². The number of carbonyl (C=O) groups is 3. The SMILES string of the molecule is COc1ccc(C(=O)Oc2c(C(C)=O)c(OC)cc(OC)c2[C@H]2CCN(C)[C@@H]2COC(C)=O)c(Br)c1. The Bertz CT molecular complexity index is 1170. The molecule has 1 saturated heterocycles. The molecule has 3 rings (SSSR count). The first-order valence-corrected chi connectivity index (χ1v) is 12.1. The number of Topliss-reactive ketones (excluding diaryl/α,β-unsaturated/α-hetero) is 1. The van der Waals surface area contributed by atoms with Gasteiger partial charge in [-0.3, -0.25) is 14.5 Å². The van der Waals surface area contributed by atoms with Crippen molar-refractivity contribution >= 4 is 33.7 Å². The van der Waals surface area contributed by atoms with Crippen LogP contribution >= 0.6 is 15.9 Å². The van der Waals surface area contributed by atoms with Gasteiger partial charge in [0, 0.05) is 28.9 Å². The molecule has 9 nitrogen and oxygen atoms in total. The van der Waals surface area contributed by atoms with Crippen molar-refractivity contribution in [3.63, 3.8) is 0 Å². The molecule has 1 fully saturated rings. The van der Waals surface area contributed by atoms with Gasteiger partial charge in [0.15, 0.2) is 11.5 Å². The molecule has 0 saturated carbocycles. The molecule has 36 heavy (non-hydrogen) atoms. The molecule has 2 aromatic rings. The van der Waals surface area contributed by atoms with Crippen LogP contribution in [0.1, 0.15) is 52.5 Å². The van der Waals surface area contributed by atoms with E-state index in [1.54, 1.807) is 24.3 Å². The predicted octanol–water partition coefficient (Wildman–Crippen LogP) is 4.25. The number of hydrogen-bond acceptors (Lipinski definition) is 9. The maximum atomic E-state index is 13.4. The average molecular weight is 564 g/mol. The first-order chi connectivity index (χ1) is 17.1. The molecule has 1 aliphatic heterocycles. The molecule has 0 N–H and O–H groups in total. The molecule has 0 aliphatic carbocycles. The summed E-state index contributed by atoms with van der Waals surface area (Å²) < 4.78 is 28.2. The van der Waals surface area contributed by atoms with Crippen LogP contribution in [0.2, 0.25) is 0 Å². The van der Waals surface area contributed by atoms with Gasteiger partial charge in [-0.25, -0.2) is 4.79 Å². The van der Waals surface area contributed by atoms with Crippen molar-refractivity contribution in [1.82, 2.24) is 4.90 Å². The number of nitrogens with zero attached hydrogens (tertiary/aromatic N) is 1. The zero-order chi connectivity index (χ0) is 26.6. The molecular weight excluding hydrogens is 534 g/mol. The van der Waals surface area contributed by atoms with Crippen LogP contribution in [0.25, 0.3) is 0 Å². The number of carbonyl (C=O) groups excluding carboxylic acids is 3. The molecular formula is C26H30BrNO8. The molecule has 0 amide bonds. The van der Waals surface area contributed by atoms with E-state index >= 15 is 0 Å². The number of rotatable bonds is 9. The largest absolute Gasteiger partial charge is 0.497 e. The van der Waals surface area contributed by atoms with Gasteiger partial charge in [-0.15, -0.1) is 0 Å². The maximum absolute atomic E-state index is 13.4. The summed E-state index contributed by atoms with van der Waals surface area (Å²) in [7, 11) is 6.38. The fraction of sp³-hybridized carbons (Fsp3) is 0.423. The Balaban J connectivity index is 2.19. The van der Waals surface area contributed by atoms with Crippen molar-refractivity contribution in [1.29, 1.82) is 0 Å². The van der Waals surface area contributed by atoms with E-state index in [1.165, 1.54) is 35.2 Å². The topological polar surface area (TPSA) is 101 Å². The van der Waals surface area contributed by atoms with Gasteiger partial charge in [-0.05, 0) is 61.1 Å². The summed E-state index contributed by atoms with van der Waals surface area (Å²) in [5.74, 6) is -0.397. The van der Waals surface area contributed by atoms with E-state index in [4.69, 9.17) is 23.7 Å². The van der Waals surface area contributed by atoms with Crippen LogP contribution in [0, 0.1) is 0 Å². The summed E-state index contributed by atoms with van der Waals surface area (Å²) in [5.41, 5.74) is 0.924. The van der Waals surface area contributed by atoms with Gasteiger partial charge in [0.05, 0.1) is 32.9 Å². The van der Waals surface area contributed by atoms with Gasteiger partial charge >= 0.3 is 11.9 Å². The van der Waals surface area contributed by atoms with Crippen LogP contribution in [-0.4, -0.2) is 70.2 Å². The van der Waals surface area contributed by atoms with E-state index in [2.05, 4.69) is 20.8 Å². The number of benzene rings is 2. The zero-order valence-electron chi connectivity index (χ0n) is 21.2. The van der Waals surface area contributed by atoms with Crippen molar-refractivity contribution in [3.05, 3.63) is 45.4 Å². The second kappa shape index (κ2) is 11.7. The van der Waals surface area contributed by atoms with E-state index in [0.717, 1.165) is 0 Å². The Hall–Kier alpha value is -3.11. The second-order valence-electron chi connectivity index (χ2n) is 8.44. The molecule has 0 bridgehead atoms. The van der Waals surface area contributed by atoms with Crippen LogP contribution in [0.3, 0.4) is 0 Å². The van der Waals surface area contributed by atoms with Gasteiger partial charge in [0.1, 0.15) is 29.4 Å². The third-order valence-electron chi connectivity index (χ3n) is 6.28. The molecule has 194 valence electrons. The van der Waals surface area contributed by atoms with Crippen LogP contribution in [0.4, 0.5) is 0 Å². The Kier molecular flexibility index (Phi) is 8.97. The average Bonchev–Trinajstić information content (AvgIpc) is 3.20. The lowest BCUT2D eigenvalue weighted by molar-refractivity contribution is -0.142. The third kappa shape index (κ3) is 5.65. The highest BCUT2D eigenvalue weighted by Crippen LogP contribution is 2.48. The molecule has 2 atom stereocenters. The fourth-order valence-electron chi connectivity index (χ4n) is 4.47. The highest BCUT2D eigenvalue weighted by atomic mass is 79.9. The predicted molar refractivity (Wildman–Crippen MR) is 136 cm³/mol. The van der Waals surface area contributed by atoms with Crippen molar-refractivity contribution in [2.24, 2.45) is 0 Å². The highest BCUT2D eigenvalue weighted by Gasteiger charge is 2.40. The molecule has 1 heterocycles. The standard InChI is InChI=1S/C26H30BrNO8/c1-14(29)23-21(33-5)12-22(34-6)24(18-9-10-28(3)20(18)13-35-15(2)30)25(23)36-26(31)17-8-7-16(32-4)11-19(17)27/h7-8,11-12,18,20H,9-10,13H2,1-6H3/t18-,20+/m0/s1. The van der Waals surface area contributed by atoms with Gasteiger partial charge in [0.25, 0.3) is 0 Å². The van der Waals surface area contributed by atoms with Crippen molar-refractivity contribution in [2.75, 3.05) is 41.5 Å². The Morgan fingerprint density at radius 2 is 1.72 bits per heavy atom. The van der Waals surface area contributed by atoms with Crippen molar-refractivity contribution < 1.29 is 38.1 Å². The lowest BCUT2D eigenvalue weighted by Gasteiger charge is -2.28. The number of ether oxygens (including phenoxy) is 5.